The molecule has 0 bridgehead atoms. The van der Waals surface area contributed by atoms with Crippen molar-refractivity contribution in [2.75, 3.05) is 0 Å². The van der Waals surface area contributed by atoms with Gasteiger partial charge in [0.2, 0.25) is 0 Å². The number of ketones is 1. The molecule has 1 aromatic heterocycles. The summed E-state index contributed by atoms with van der Waals surface area (Å²) in [6, 6.07) is 10.5. The van der Waals surface area contributed by atoms with Crippen molar-refractivity contribution < 1.29 is 4.79 Å². The minimum Gasteiger partial charge on any atom is -0.294 e. The smallest absolute Gasteiger partial charge is 0.165 e. The number of carbonyl (C=O) groups excluding carboxylic acids is 1. The summed E-state index contributed by atoms with van der Waals surface area (Å²) in [6.07, 6.45) is 7.39. The average Bonchev–Trinajstić information content (AvgIpc) is 2.93. The van der Waals surface area contributed by atoms with Crippen molar-refractivity contribution in [2.24, 2.45) is 0 Å². The van der Waals surface area contributed by atoms with Gasteiger partial charge >= 0.3 is 0 Å². The van der Waals surface area contributed by atoms with Crippen molar-refractivity contribution in [3.63, 3.8) is 0 Å². The predicted octanol–water partition coefficient (Wildman–Crippen LogP) is 3.50. The lowest BCUT2D eigenvalue weighted by molar-refractivity contribution is 0.0988. The molecule has 0 atom stereocenters. The van der Waals surface area contributed by atoms with E-state index in [2.05, 4.69) is 29.4 Å². The summed E-state index contributed by atoms with van der Waals surface area (Å²) in [5, 5.41) is 4.23. The van der Waals surface area contributed by atoms with E-state index in [0.29, 0.717) is 6.42 Å². The van der Waals surface area contributed by atoms with E-state index in [0.717, 1.165) is 31.4 Å². The van der Waals surface area contributed by atoms with Crippen LogP contribution in [0.15, 0.2) is 42.7 Å². The van der Waals surface area contributed by atoms with Crippen LogP contribution >= 0.6 is 0 Å². The Balaban J connectivity index is 1.74. The Morgan fingerprint density at radius 3 is 2.74 bits per heavy atom. The SMILES string of the molecule is CCC(=O)c1cnn(CCCCc2ccccc2)c1. The average molecular weight is 256 g/mol. The first-order valence-electron chi connectivity index (χ1n) is 6.89. The van der Waals surface area contributed by atoms with E-state index in [-0.39, 0.29) is 5.78 Å². The van der Waals surface area contributed by atoms with Gasteiger partial charge in [0.25, 0.3) is 0 Å². The van der Waals surface area contributed by atoms with Gasteiger partial charge in [-0.1, -0.05) is 37.3 Å². The molecule has 1 aromatic carbocycles. The van der Waals surface area contributed by atoms with Crippen LogP contribution in [0.5, 0.6) is 0 Å². The third-order valence-electron chi connectivity index (χ3n) is 3.22. The Hall–Kier alpha value is -1.90. The molecule has 0 aliphatic heterocycles. The van der Waals surface area contributed by atoms with Crippen LogP contribution in [0.4, 0.5) is 0 Å². The summed E-state index contributed by atoms with van der Waals surface area (Å²) in [5.74, 6) is 0.163. The van der Waals surface area contributed by atoms with Crippen molar-refractivity contribution >= 4 is 5.78 Å². The van der Waals surface area contributed by atoms with Crippen molar-refractivity contribution in [3.8, 4) is 0 Å². The van der Waals surface area contributed by atoms with Crippen molar-refractivity contribution in [3.05, 3.63) is 53.9 Å². The highest BCUT2D eigenvalue weighted by atomic mass is 16.1. The molecule has 0 radical (unpaired) electrons. The number of aryl methyl sites for hydroxylation is 2. The van der Waals surface area contributed by atoms with Gasteiger partial charge < -0.3 is 0 Å². The molecule has 0 amide bonds. The monoisotopic (exact) mass is 256 g/mol. The Morgan fingerprint density at radius 2 is 2.00 bits per heavy atom. The largest absolute Gasteiger partial charge is 0.294 e. The molecule has 0 fully saturated rings. The maximum absolute atomic E-state index is 11.5. The fraction of sp³-hybridized carbons (Fsp3) is 0.375. The van der Waals surface area contributed by atoms with E-state index >= 15 is 0 Å². The van der Waals surface area contributed by atoms with E-state index in [1.807, 2.05) is 23.9 Å². The number of benzene rings is 1. The van der Waals surface area contributed by atoms with Crippen molar-refractivity contribution in [2.45, 2.75) is 39.2 Å². The standard InChI is InChI=1S/C16H20N2O/c1-2-16(19)15-12-17-18(13-15)11-7-6-10-14-8-4-3-5-9-14/h3-5,8-9,12-13H,2,6-7,10-11H2,1H3. The van der Waals surface area contributed by atoms with Crippen LogP contribution in [-0.2, 0) is 13.0 Å². The quantitative estimate of drug-likeness (QED) is 0.561. The predicted molar refractivity (Wildman–Crippen MR) is 76.2 cm³/mol. The summed E-state index contributed by atoms with van der Waals surface area (Å²) < 4.78 is 1.87. The lowest BCUT2D eigenvalue weighted by Gasteiger charge is -2.02. The zero-order valence-electron chi connectivity index (χ0n) is 11.4. The van der Waals surface area contributed by atoms with Crippen LogP contribution < -0.4 is 0 Å². The Kier molecular flexibility index (Phi) is 4.90. The lowest BCUT2D eigenvalue weighted by atomic mass is 10.1. The molecule has 3 heteroatoms. The van der Waals surface area contributed by atoms with Gasteiger partial charge in [0.1, 0.15) is 0 Å². The maximum Gasteiger partial charge on any atom is 0.165 e. The molecule has 0 spiro atoms. The van der Waals surface area contributed by atoms with Gasteiger partial charge in [0, 0.05) is 19.2 Å². The number of aromatic nitrogens is 2. The molecule has 0 unspecified atom stereocenters. The van der Waals surface area contributed by atoms with E-state index in [1.165, 1.54) is 5.56 Å². The summed E-state index contributed by atoms with van der Waals surface area (Å²) >= 11 is 0. The maximum atomic E-state index is 11.5. The molecule has 0 saturated carbocycles. The molecule has 19 heavy (non-hydrogen) atoms. The van der Waals surface area contributed by atoms with E-state index in [1.54, 1.807) is 6.20 Å². The van der Waals surface area contributed by atoms with Gasteiger partial charge in [0.05, 0.1) is 11.8 Å². The summed E-state index contributed by atoms with van der Waals surface area (Å²) in [5.41, 5.74) is 2.11. The highest BCUT2D eigenvalue weighted by Crippen LogP contribution is 2.07. The van der Waals surface area contributed by atoms with Gasteiger partial charge in [-0.3, -0.25) is 9.48 Å². The fourth-order valence-electron chi connectivity index (χ4n) is 2.08. The third kappa shape index (κ3) is 4.05. The van der Waals surface area contributed by atoms with Gasteiger partial charge in [0.15, 0.2) is 5.78 Å². The molecular formula is C16H20N2O. The van der Waals surface area contributed by atoms with E-state index < -0.39 is 0 Å². The highest BCUT2D eigenvalue weighted by molar-refractivity contribution is 5.95. The van der Waals surface area contributed by atoms with Crippen LogP contribution in [0, 0.1) is 0 Å². The molecule has 0 saturated heterocycles. The first-order chi connectivity index (χ1) is 9.29. The van der Waals surface area contributed by atoms with Crippen LogP contribution in [0.3, 0.4) is 0 Å². The second-order valence-electron chi connectivity index (χ2n) is 4.71. The number of rotatable bonds is 7. The van der Waals surface area contributed by atoms with Gasteiger partial charge in [-0.25, -0.2) is 0 Å². The zero-order valence-corrected chi connectivity index (χ0v) is 11.4. The Morgan fingerprint density at radius 1 is 1.21 bits per heavy atom. The minimum absolute atomic E-state index is 0.163. The normalized spacial score (nSPS) is 10.6. The Labute approximate surface area is 114 Å². The van der Waals surface area contributed by atoms with Crippen LogP contribution in [-0.4, -0.2) is 15.6 Å². The molecule has 2 rings (SSSR count). The molecule has 3 nitrogen and oxygen atoms in total. The number of carbonyl (C=O) groups is 1. The summed E-state index contributed by atoms with van der Waals surface area (Å²) in [6.45, 7) is 2.75. The number of Topliss-reactive ketones (excluding diaryl/α,β-unsaturated/α-hetero) is 1. The minimum atomic E-state index is 0.163. The molecule has 1 heterocycles. The molecular weight excluding hydrogens is 236 g/mol. The van der Waals surface area contributed by atoms with E-state index in [4.69, 9.17) is 0 Å². The Bertz CT molecular complexity index is 517. The first kappa shape index (κ1) is 13.5. The second kappa shape index (κ2) is 6.88. The summed E-state index contributed by atoms with van der Waals surface area (Å²) in [7, 11) is 0. The number of nitrogens with zero attached hydrogens (tertiary/aromatic N) is 2. The summed E-state index contributed by atoms with van der Waals surface area (Å²) in [4.78, 5) is 11.5. The van der Waals surface area contributed by atoms with Crippen LogP contribution in [0.1, 0.15) is 42.1 Å². The molecule has 2 aromatic rings. The number of hydrogen-bond donors (Lipinski definition) is 0. The first-order valence-corrected chi connectivity index (χ1v) is 6.89. The van der Waals surface area contributed by atoms with E-state index in [9.17, 15) is 4.79 Å². The zero-order chi connectivity index (χ0) is 13.5. The number of unbranched alkanes of at least 4 members (excludes halogenated alkanes) is 1. The molecule has 0 N–H and O–H groups in total. The highest BCUT2D eigenvalue weighted by Gasteiger charge is 2.05. The lowest BCUT2D eigenvalue weighted by Crippen LogP contribution is -1.99. The van der Waals surface area contributed by atoms with Crippen LogP contribution in [0.2, 0.25) is 0 Å². The molecule has 100 valence electrons. The fourth-order valence-corrected chi connectivity index (χ4v) is 2.08. The van der Waals surface area contributed by atoms with Gasteiger partial charge in [-0.15, -0.1) is 0 Å². The molecule has 0 aliphatic rings. The number of hydrogen-bond acceptors (Lipinski definition) is 2. The topological polar surface area (TPSA) is 34.9 Å². The molecule has 0 aliphatic carbocycles. The van der Waals surface area contributed by atoms with Crippen molar-refractivity contribution in [1.29, 1.82) is 0 Å². The van der Waals surface area contributed by atoms with Gasteiger partial charge in [-0.05, 0) is 24.8 Å². The second-order valence-corrected chi connectivity index (χ2v) is 4.71. The van der Waals surface area contributed by atoms with Crippen LogP contribution in [0.25, 0.3) is 0 Å². The van der Waals surface area contributed by atoms with Gasteiger partial charge in [-0.2, -0.15) is 5.10 Å². The van der Waals surface area contributed by atoms with Crippen molar-refractivity contribution in [1.82, 2.24) is 9.78 Å². The third-order valence-corrected chi connectivity index (χ3v) is 3.22.